The number of anilines is 1. The van der Waals surface area contributed by atoms with Crippen molar-refractivity contribution in [1.29, 1.82) is 0 Å². The van der Waals surface area contributed by atoms with E-state index in [9.17, 15) is 4.39 Å². The molecule has 4 aliphatic heterocycles. The molecule has 4 fully saturated rings. The van der Waals surface area contributed by atoms with Gasteiger partial charge in [0.05, 0.1) is 27.0 Å². The number of rotatable bonds is 6. The van der Waals surface area contributed by atoms with Crippen LogP contribution < -0.4 is 19.7 Å². The van der Waals surface area contributed by atoms with E-state index >= 15 is 4.39 Å². The van der Waals surface area contributed by atoms with Crippen LogP contribution in [0.4, 0.5) is 14.6 Å². The quantitative estimate of drug-likeness (QED) is 0.360. The monoisotopic (exact) mass is 630 g/mol. The predicted molar refractivity (Wildman–Crippen MR) is 162 cm³/mol. The number of nitrogens with one attached hydrogen (secondary N) is 1. The average Bonchev–Trinajstić information content (AvgIpc) is 3.72. The lowest BCUT2D eigenvalue weighted by Crippen LogP contribution is -2.58. The topological polar surface area (TPSA) is 75.6 Å². The van der Waals surface area contributed by atoms with Crippen LogP contribution in [0.2, 0.25) is 10.0 Å². The van der Waals surface area contributed by atoms with Gasteiger partial charge >= 0.3 is 6.01 Å². The molecule has 8 rings (SSSR count). The molecule has 0 bridgehead atoms. The van der Waals surface area contributed by atoms with Gasteiger partial charge in [0, 0.05) is 55.6 Å². The summed E-state index contributed by atoms with van der Waals surface area (Å²) in [6.45, 7) is 5.34. The Morgan fingerprint density at radius 1 is 1.21 bits per heavy atom. The molecule has 228 valence electrons. The molecule has 43 heavy (non-hydrogen) atoms. The Hall–Kier alpha value is -2.53. The molecule has 5 aliphatic rings. The largest absolute Gasteiger partial charge is 0.489 e. The highest BCUT2D eigenvalue weighted by atomic mass is 35.5. The summed E-state index contributed by atoms with van der Waals surface area (Å²) in [5.41, 5.74) is 1.27. The molecule has 1 unspecified atom stereocenters. The number of hydrogen-bond donors (Lipinski definition) is 1. The van der Waals surface area contributed by atoms with Crippen molar-refractivity contribution >= 4 is 39.9 Å². The molecule has 1 saturated carbocycles. The zero-order valence-electron chi connectivity index (χ0n) is 24.0. The lowest BCUT2D eigenvalue weighted by atomic mass is 9.95. The van der Waals surface area contributed by atoms with E-state index in [0.29, 0.717) is 60.2 Å². The molecule has 12 heteroatoms. The van der Waals surface area contributed by atoms with Gasteiger partial charge in [0.15, 0.2) is 11.6 Å². The molecule has 0 radical (unpaired) electrons. The van der Waals surface area contributed by atoms with Crippen molar-refractivity contribution < 1.29 is 18.3 Å². The second kappa shape index (κ2) is 10.5. The fourth-order valence-electron chi connectivity index (χ4n) is 7.68. The smallest absolute Gasteiger partial charge is 0.319 e. The molecule has 2 aromatic heterocycles. The SMILES string of the molecule is CC[C@@H]1CN2c3nc(OCC45CCCN4C[C@H](F)C5)nc4c(F)c(-c5cncc(Cl)c5C5CC5)c(Cl)c(c34)OC[C@@H]2CN1. The number of fused-ring (bicyclic) bond motifs is 3. The lowest BCUT2D eigenvalue weighted by molar-refractivity contribution is 0.107. The molecule has 6 heterocycles. The zero-order valence-corrected chi connectivity index (χ0v) is 25.5. The van der Waals surface area contributed by atoms with Gasteiger partial charge in [-0.05, 0) is 50.1 Å². The number of aromatic nitrogens is 3. The molecule has 4 atom stereocenters. The number of ether oxygens (including phenoxy) is 2. The molecule has 0 spiro atoms. The second-order valence-corrected chi connectivity index (χ2v) is 13.5. The normalized spacial score (nSPS) is 28.5. The molecule has 1 N–H and O–H groups in total. The first-order valence-corrected chi connectivity index (χ1v) is 16.1. The molecule has 1 aliphatic carbocycles. The van der Waals surface area contributed by atoms with Crippen molar-refractivity contribution in [3.8, 4) is 22.9 Å². The van der Waals surface area contributed by atoms with Crippen molar-refractivity contribution in [2.45, 2.75) is 75.2 Å². The van der Waals surface area contributed by atoms with Crippen LogP contribution in [0.1, 0.15) is 56.9 Å². The second-order valence-electron chi connectivity index (χ2n) is 12.7. The zero-order chi connectivity index (χ0) is 29.5. The van der Waals surface area contributed by atoms with E-state index < -0.39 is 12.0 Å². The first-order chi connectivity index (χ1) is 20.9. The first-order valence-electron chi connectivity index (χ1n) is 15.4. The van der Waals surface area contributed by atoms with Gasteiger partial charge in [-0.3, -0.25) is 9.88 Å². The van der Waals surface area contributed by atoms with Gasteiger partial charge in [-0.25, -0.2) is 8.78 Å². The highest BCUT2D eigenvalue weighted by Gasteiger charge is 2.49. The Morgan fingerprint density at radius 2 is 2.07 bits per heavy atom. The van der Waals surface area contributed by atoms with E-state index in [1.807, 2.05) is 0 Å². The van der Waals surface area contributed by atoms with Gasteiger partial charge in [-0.1, -0.05) is 30.1 Å². The maximum absolute atomic E-state index is 17.0. The van der Waals surface area contributed by atoms with E-state index in [-0.39, 0.29) is 52.3 Å². The minimum atomic E-state index is -0.882. The van der Waals surface area contributed by atoms with Crippen LogP contribution in [-0.2, 0) is 0 Å². The molecule has 3 saturated heterocycles. The maximum atomic E-state index is 17.0. The highest BCUT2D eigenvalue weighted by molar-refractivity contribution is 6.37. The number of piperazine rings is 1. The van der Waals surface area contributed by atoms with Crippen molar-refractivity contribution in [2.75, 3.05) is 44.3 Å². The third-order valence-electron chi connectivity index (χ3n) is 10.1. The maximum Gasteiger partial charge on any atom is 0.319 e. The summed E-state index contributed by atoms with van der Waals surface area (Å²) in [6.07, 6.45) is 7.47. The van der Waals surface area contributed by atoms with Gasteiger partial charge in [0.2, 0.25) is 0 Å². The Morgan fingerprint density at radius 3 is 2.88 bits per heavy atom. The number of nitrogens with zero attached hydrogens (tertiary/aromatic N) is 5. The van der Waals surface area contributed by atoms with E-state index in [4.69, 9.17) is 37.7 Å². The number of pyridine rings is 1. The predicted octanol–water partition coefficient (Wildman–Crippen LogP) is 5.92. The lowest BCUT2D eigenvalue weighted by Gasteiger charge is -2.39. The van der Waals surface area contributed by atoms with Crippen molar-refractivity contribution in [1.82, 2.24) is 25.2 Å². The average molecular weight is 632 g/mol. The molecule has 3 aromatic rings. The summed E-state index contributed by atoms with van der Waals surface area (Å²) in [6, 6.07) is 0.254. The van der Waals surface area contributed by atoms with E-state index in [0.717, 1.165) is 44.2 Å². The molecule has 0 amide bonds. The molecular formula is C31H34Cl2F2N6O2. The van der Waals surface area contributed by atoms with Gasteiger partial charge in [0.1, 0.15) is 30.7 Å². The minimum absolute atomic E-state index is 0.0513. The van der Waals surface area contributed by atoms with Gasteiger partial charge in [0.25, 0.3) is 0 Å². The third-order valence-corrected chi connectivity index (χ3v) is 10.7. The first kappa shape index (κ1) is 28.0. The van der Waals surface area contributed by atoms with Gasteiger partial charge in [-0.2, -0.15) is 9.97 Å². The van der Waals surface area contributed by atoms with Crippen molar-refractivity contribution in [3.63, 3.8) is 0 Å². The van der Waals surface area contributed by atoms with Crippen LogP contribution >= 0.6 is 23.2 Å². The fourth-order valence-corrected chi connectivity index (χ4v) is 8.33. The number of hydrogen-bond acceptors (Lipinski definition) is 8. The Labute approximate surface area is 259 Å². The van der Waals surface area contributed by atoms with E-state index in [1.54, 1.807) is 12.4 Å². The third kappa shape index (κ3) is 4.54. The van der Waals surface area contributed by atoms with Crippen molar-refractivity contribution in [2.24, 2.45) is 0 Å². The Balaban J connectivity index is 1.30. The number of alkyl halides is 1. The molecular weight excluding hydrogens is 597 g/mol. The van der Waals surface area contributed by atoms with Gasteiger partial charge in [-0.15, -0.1) is 0 Å². The Kier molecular flexibility index (Phi) is 6.85. The standard InChI is InChI=1S/C31H34Cl2F2N6O2/c1-2-18-13-41-19(9-37-18)14-42-28-24-27(26(35)23(25(28)33)20-10-36-11-21(32)22(20)16-4-5-16)38-30(39-29(24)41)43-15-31-6-3-7-40(31)12-17(34)8-31/h10-11,16-19,37H,2-9,12-15H2,1H3/t17-,18-,19+,31?/m1/s1. The van der Waals surface area contributed by atoms with Crippen LogP contribution in [0, 0.1) is 5.82 Å². The Bertz CT molecular complexity index is 1610. The summed E-state index contributed by atoms with van der Waals surface area (Å²) in [7, 11) is 0. The molecule has 1 aromatic carbocycles. The van der Waals surface area contributed by atoms with E-state index in [2.05, 4.69) is 32.0 Å². The van der Waals surface area contributed by atoms with Crippen LogP contribution in [0.5, 0.6) is 11.8 Å². The van der Waals surface area contributed by atoms with Gasteiger partial charge < -0.3 is 19.7 Å². The van der Waals surface area contributed by atoms with Crippen LogP contribution in [0.25, 0.3) is 22.0 Å². The van der Waals surface area contributed by atoms with Crippen LogP contribution in [-0.4, -0.2) is 83.0 Å². The summed E-state index contributed by atoms with van der Waals surface area (Å²) in [4.78, 5) is 18.2. The summed E-state index contributed by atoms with van der Waals surface area (Å²) in [5, 5.41) is 4.68. The van der Waals surface area contributed by atoms with E-state index in [1.165, 1.54) is 0 Å². The molecule has 8 nitrogen and oxygen atoms in total. The summed E-state index contributed by atoms with van der Waals surface area (Å²) < 4.78 is 44.2. The fraction of sp³-hybridized carbons (Fsp3) is 0.581. The van der Waals surface area contributed by atoms with Crippen LogP contribution in [0.3, 0.4) is 0 Å². The summed E-state index contributed by atoms with van der Waals surface area (Å²) >= 11 is 13.7. The summed E-state index contributed by atoms with van der Waals surface area (Å²) in [5.74, 6) is 0.544. The highest BCUT2D eigenvalue weighted by Crippen LogP contribution is 2.53. The number of benzene rings is 1. The van der Waals surface area contributed by atoms with Crippen LogP contribution in [0.15, 0.2) is 12.4 Å². The number of halogens is 4. The minimum Gasteiger partial charge on any atom is -0.489 e. The van der Waals surface area contributed by atoms with Crippen molar-refractivity contribution in [3.05, 3.63) is 33.8 Å².